The van der Waals surface area contributed by atoms with E-state index in [2.05, 4.69) is 271 Å². The summed E-state index contributed by atoms with van der Waals surface area (Å²) in [4.78, 5) is 16.3. The second-order valence-corrected chi connectivity index (χ2v) is 23.2. The minimum atomic E-state index is 0.182. The fourth-order valence-electron chi connectivity index (χ4n) is 12.3. The summed E-state index contributed by atoms with van der Waals surface area (Å²) in [5, 5.41) is 5.09. The largest absolute Gasteiger partial charge is 0.457 e. The normalized spacial score (nSPS) is 12.1. The van der Waals surface area contributed by atoms with Gasteiger partial charge in [0.2, 0.25) is 5.71 Å². The number of fused-ring (bicyclic) bond motifs is 7. The van der Waals surface area contributed by atoms with Gasteiger partial charge in [-0.2, -0.15) is 0 Å². The van der Waals surface area contributed by atoms with Crippen LogP contribution in [0.15, 0.2) is 217 Å². The standard InChI is InChI=1S/C75H63N5O2/c1-44(2)58-36-53(48-22-11-9-12-23-48)37-59(45(3)4)70(58)79-68-32-19-17-30-65(68)76-73(79)52-28-21-29-56(35-52)81-57-42-62-63-40-55-34-50-26-15-16-27-51(50)41-67(55)78-75(63)82-72(62)64(43-57)74-77-66-31-18-20-33-69(66)80(74)71-60(46(5)6)38-54(39-61(71)47(7)8)49-24-13-10-14-25-49/h9-47H,1-8H3. The third kappa shape index (κ3) is 8.70. The van der Waals surface area contributed by atoms with Crippen LogP contribution in [0.2, 0.25) is 0 Å². The molecular formula is C75H63N5O2. The first-order valence-electron chi connectivity index (χ1n) is 28.8. The zero-order valence-corrected chi connectivity index (χ0v) is 47.6. The van der Waals surface area contributed by atoms with Crippen LogP contribution in [0.25, 0.3) is 122 Å². The maximum atomic E-state index is 7.25. The molecule has 0 saturated heterocycles. The summed E-state index contributed by atoms with van der Waals surface area (Å²) in [7, 11) is 0. The van der Waals surface area contributed by atoms with E-state index in [4.69, 9.17) is 24.1 Å². The first-order chi connectivity index (χ1) is 39.9. The Morgan fingerprint density at radius 3 is 1.40 bits per heavy atom. The van der Waals surface area contributed by atoms with Gasteiger partial charge in [0.25, 0.3) is 0 Å². The molecule has 7 nitrogen and oxygen atoms in total. The van der Waals surface area contributed by atoms with Gasteiger partial charge in [-0.15, -0.1) is 0 Å². The van der Waals surface area contributed by atoms with Gasteiger partial charge in [0, 0.05) is 21.7 Å². The van der Waals surface area contributed by atoms with Crippen LogP contribution >= 0.6 is 0 Å². The quantitative estimate of drug-likeness (QED) is 0.114. The van der Waals surface area contributed by atoms with Gasteiger partial charge in [0.05, 0.1) is 44.5 Å². The highest BCUT2D eigenvalue weighted by Crippen LogP contribution is 2.46. The molecule has 10 aromatic carbocycles. The van der Waals surface area contributed by atoms with Crippen molar-refractivity contribution >= 4 is 65.8 Å². The number of hydrogen-bond donors (Lipinski definition) is 0. The van der Waals surface area contributed by atoms with Crippen LogP contribution in [0.5, 0.6) is 11.5 Å². The van der Waals surface area contributed by atoms with E-state index in [0.29, 0.717) is 22.8 Å². The van der Waals surface area contributed by atoms with Crippen molar-refractivity contribution < 1.29 is 9.15 Å². The molecule has 0 aliphatic rings. The van der Waals surface area contributed by atoms with Crippen molar-refractivity contribution in [1.29, 1.82) is 0 Å². The Hall–Kier alpha value is -9.59. The van der Waals surface area contributed by atoms with Gasteiger partial charge >= 0.3 is 0 Å². The molecule has 4 aromatic heterocycles. The highest BCUT2D eigenvalue weighted by Gasteiger charge is 2.28. The number of hydrogen-bond acceptors (Lipinski definition) is 5. The summed E-state index contributed by atoms with van der Waals surface area (Å²) in [5.41, 5.74) is 19.8. The number of nitrogens with zero attached hydrogens (tertiary/aromatic N) is 5. The number of pyridine rings is 1. The van der Waals surface area contributed by atoms with Crippen molar-refractivity contribution in [3.63, 3.8) is 0 Å². The lowest BCUT2D eigenvalue weighted by Crippen LogP contribution is -2.09. The van der Waals surface area contributed by atoms with Crippen molar-refractivity contribution in [2.24, 2.45) is 0 Å². The molecule has 0 fully saturated rings. The molecular weight excluding hydrogens is 1000 g/mol. The fourth-order valence-corrected chi connectivity index (χ4v) is 12.3. The van der Waals surface area contributed by atoms with Crippen molar-refractivity contribution in [2.45, 2.75) is 79.1 Å². The van der Waals surface area contributed by atoms with E-state index in [0.717, 1.165) is 83.0 Å². The van der Waals surface area contributed by atoms with Crippen molar-refractivity contribution in [2.75, 3.05) is 0 Å². The van der Waals surface area contributed by atoms with E-state index in [1.807, 2.05) is 6.07 Å². The van der Waals surface area contributed by atoms with Gasteiger partial charge in [0.1, 0.15) is 28.7 Å². The number of para-hydroxylation sites is 4. The Morgan fingerprint density at radius 1 is 0.354 bits per heavy atom. The zero-order chi connectivity index (χ0) is 55.9. The van der Waals surface area contributed by atoms with Crippen LogP contribution in [0.1, 0.15) is 101 Å². The lowest BCUT2D eigenvalue weighted by Gasteiger charge is -2.24. The predicted molar refractivity (Wildman–Crippen MR) is 340 cm³/mol. The molecule has 14 aromatic rings. The minimum Gasteiger partial charge on any atom is -0.457 e. The molecule has 4 heterocycles. The molecule has 0 unspecified atom stereocenters. The van der Waals surface area contributed by atoms with Gasteiger partial charge in [0.15, 0.2) is 0 Å². The molecule has 0 atom stereocenters. The van der Waals surface area contributed by atoms with Gasteiger partial charge in [-0.05, 0) is 170 Å². The number of benzene rings is 10. The smallest absolute Gasteiger partial charge is 0.227 e. The van der Waals surface area contributed by atoms with Crippen LogP contribution in [0, 0.1) is 0 Å². The molecule has 0 radical (unpaired) electrons. The van der Waals surface area contributed by atoms with Crippen molar-refractivity contribution in [3.8, 4) is 67.9 Å². The SMILES string of the molecule is CC(C)c1cc(-c2ccccc2)cc(C(C)C)c1-n1c(-c2cccc(Oc3cc(-c4nc5ccccc5n4-c4c(C(C)C)cc(-c5ccccc5)cc4C(C)C)c4oc5nc6cc7ccccc7cc6cc5c4c3)c2)nc2ccccc21. The number of aromatic nitrogens is 5. The minimum absolute atomic E-state index is 0.182. The third-order valence-corrected chi connectivity index (χ3v) is 16.4. The molecule has 7 heteroatoms. The number of furan rings is 1. The Morgan fingerprint density at radius 2 is 0.841 bits per heavy atom. The van der Waals surface area contributed by atoms with E-state index in [1.165, 1.54) is 50.2 Å². The highest BCUT2D eigenvalue weighted by molar-refractivity contribution is 6.13. The molecule has 0 bridgehead atoms. The van der Waals surface area contributed by atoms with Gasteiger partial charge in [-0.3, -0.25) is 9.13 Å². The van der Waals surface area contributed by atoms with E-state index in [9.17, 15) is 0 Å². The number of imidazole rings is 2. The summed E-state index contributed by atoms with van der Waals surface area (Å²) < 4.78 is 19.1. The Bertz CT molecular complexity index is 4730. The Labute approximate surface area is 478 Å². The van der Waals surface area contributed by atoms with Crippen LogP contribution < -0.4 is 4.74 Å². The van der Waals surface area contributed by atoms with E-state index >= 15 is 0 Å². The van der Waals surface area contributed by atoms with E-state index < -0.39 is 0 Å². The average molecular weight is 1070 g/mol. The summed E-state index contributed by atoms with van der Waals surface area (Å²) in [6.07, 6.45) is 0. The number of ether oxygens (including phenoxy) is 1. The summed E-state index contributed by atoms with van der Waals surface area (Å²) in [6, 6.07) is 75.6. The molecule has 14 rings (SSSR count). The van der Waals surface area contributed by atoms with Crippen LogP contribution in [0.3, 0.4) is 0 Å². The van der Waals surface area contributed by atoms with Gasteiger partial charge < -0.3 is 9.15 Å². The fraction of sp³-hybridized carbons (Fsp3) is 0.160. The molecule has 0 saturated carbocycles. The van der Waals surface area contributed by atoms with Crippen LogP contribution in [0.4, 0.5) is 0 Å². The molecule has 0 aliphatic carbocycles. The summed E-state index contributed by atoms with van der Waals surface area (Å²) in [5.74, 6) is 3.73. The van der Waals surface area contributed by atoms with Crippen molar-refractivity contribution in [3.05, 3.63) is 235 Å². The first kappa shape index (κ1) is 50.6. The topological polar surface area (TPSA) is 70.9 Å². The predicted octanol–water partition coefficient (Wildman–Crippen LogP) is 20.9. The lowest BCUT2D eigenvalue weighted by atomic mass is 9.88. The van der Waals surface area contributed by atoms with Crippen LogP contribution in [-0.4, -0.2) is 24.1 Å². The third-order valence-electron chi connectivity index (χ3n) is 16.4. The Kier molecular flexibility index (Phi) is 12.5. The van der Waals surface area contributed by atoms with Gasteiger partial charge in [-0.1, -0.05) is 177 Å². The molecule has 0 N–H and O–H groups in total. The molecule has 0 amide bonds. The van der Waals surface area contributed by atoms with E-state index in [1.54, 1.807) is 0 Å². The maximum Gasteiger partial charge on any atom is 0.227 e. The second kappa shape index (κ2) is 20.2. The summed E-state index contributed by atoms with van der Waals surface area (Å²) in [6.45, 7) is 18.3. The van der Waals surface area contributed by atoms with E-state index in [-0.39, 0.29) is 23.7 Å². The van der Waals surface area contributed by atoms with Crippen molar-refractivity contribution in [1.82, 2.24) is 24.1 Å². The Balaban J connectivity index is 0.987. The first-order valence-corrected chi connectivity index (χ1v) is 28.8. The monoisotopic (exact) mass is 1070 g/mol. The molecule has 0 aliphatic heterocycles. The zero-order valence-electron chi connectivity index (χ0n) is 47.6. The molecule has 0 spiro atoms. The van der Waals surface area contributed by atoms with Crippen LogP contribution in [-0.2, 0) is 0 Å². The lowest BCUT2D eigenvalue weighted by molar-refractivity contribution is 0.483. The van der Waals surface area contributed by atoms with Gasteiger partial charge in [-0.25, -0.2) is 15.0 Å². The highest BCUT2D eigenvalue weighted by atomic mass is 16.5. The number of rotatable bonds is 12. The molecule has 82 heavy (non-hydrogen) atoms. The summed E-state index contributed by atoms with van der Waals surface area (Å²) >= 11 is 0. The second-order valence-electron chi connectivity index (χ2n) is 23.2. The maximum absolute atomic E-state index is 7.25. The molecule has 400 valence electrons. The average Bonchev–Trinajstić information content (AvgIpc) is 3.01.